The van der Waals surface area contributed by atoms with Gasteiger partial charge in [-0.15, -0.1) is 0 Å². The number of rotatable bonds is 4. The molecule has 1 aliphatic rings. The van der Waals surface area contributed by atoms with Gasteiger partial charge in [-0.1, -0.05) is 18.2 Å². The minimum absolute atomic E-state index is 0.180. The van der Waals surface area contributed by atoms with Gasteiger partial charge in [-0.25, -0.2) is 14.1 Å². The summed E-state index contributed by atoms with van der Waals surface area (Å²) in [5.74, 6) is 0.265. The van der Waals surface area contributed by atoms with Crippen molar-refractivity contribution in [3.05, 3.63) is 75.8 Å². The summed E-state index contributed by atoms with van der Waals surface area (Å²) >= 11 is 0. The van der Waals surface area contributed by atoms with E-state index in [1.54, 1.807) is 12.3 Å². The largest absolute Gasteiger partial charge is 0.381 e. The average molecular weight is 419 g/mol. The van der Waals surface area contributed by atoms with E-state index in [0.29, 0.717) is 47.9 Å². The van der Waals surface area contributed by atoms with Gasteiger partial charge in [-0.05, 0) is 43.5 Å². The topological polar surface area (TPSA) is 85.7 Å². The maximum absolute atomic E-state index is 13.5. The summed E-state index contributed by atoms with van der Waals surface area (Å²) in [6.45, 7) is 3.21. The fraction of sp³-hybridized carbons (Fsp3) is 0.304. The minimum Gasteiger partial charge on any atom is -0.381 e. The smallest absolute Gasteiger partial charge is 0.262 e. The highest BCUT2D eigenvalue weighted by atomic mass is 19.1. The first-order valence-corrected chi connectivity index (χ1v) is 10.3. The maximum atomic E-state index is 13.5. The van der Waals surface area contributed by atoms with Crippen LogP contribution >= 0.6 is 0 Å². The minimum atomic E-state index is -0.296. The van der Waals surface area contributed by atoms with E-state index in [-0.39, 0.29) is 17.4 Å². The quantitative estimate of drug-likeness (QED) is 0.547. The third-order valence-corrected chi connectivity index (χ3v) is 5.64. The van der Waals surface area contributed by atoms with Gasteiger partial charge in [0.25, 0.3) is 5.56 Å². The summed E-state index contributed by atoms with van der Waals surface area (Å²) in [6.07, 6.45) is 3.86. The van der Waals surface area contributed by atoms with E-state index in [0.717, 1.165) is 24.0 Å². The van der Waals surface area contributed by atoms with Crippen molar-refractivity contribution >= 4 is 11.0 Å². The molecule has 31 heavy (non-hydrogen) atoms. The van der Waals surface area contributed by atoms with Crippen LogP contribution in [0.3, 0.4) is 0 Å². The monoisotopic (exact) mass is 419 g/mol. The van der Waals surface area contributed by atoms with E-state index in [9.17, 15) is 9.18 Å². The lowest BCUT2D eigenvalue weighted by molar-refractivity contribution is 0.0672. The molecule has 3 aromatic heterocycles. The molecule has 0 amide bonds. The second-order valence-electron chi connectivity index (χ2n) is 7.82. The fourth-order valence-electron chi connectivity index (χ4n) is 4.07. The number of ether oxygens (including phenoxy) is 1. The van der Waals surface area contributed by atoms with Crippen molar-refractivity contribution in [2.45, 2.75) is 32.2 Å². The molecule has 5 rings (SSSR count). The van der Waals surface area contributed by atoms with Crippen molar-refractivity contribution in [1.82, 2.24) is 24.7 Å². The van der Waals surface area contributed by atoms with Crippen molar-refractivity contribution in [1.29, 1.82) is 0 Å². The second kappa shape index (κ2) is 8.03. The molecule has 1 aromatic carbocycles. The number of fused-ring (bicyclic) bond motifs is 1. The SMILES string of the molecule is Cc1nn(C2CCOCC2)c2nc(Cc3ccc(-c4cccc(F)c4)nc3)[nH]c(=O)c12. The van der Waals surface area contributed by atoms with Gasteiger partial charge in [-0.2, -0.15) is 5.10 Å². The number of H-pyrrole nitrogens is 1. The highest BCUT2D eigenvalue weighted by molar-refractivity contribution is 5.77. The molecule has 1 N–H and O–H groups in total. The molecule has 4 aromatic rings. The molecule has 1 fully saturated rings. The Hall–Kier alpha value is -3.39. The number of aromatic amines is 1. The van der Waals surface area contributed by atoms with Crippen LogP contribution in [0.1, 0.15) is 36.0 Å². The zero-order valence-corrected chi connectivity index (χ0v) is 17.1. The van der Waals surface area contributed by atoms with Crippen molar-refractivity contribution < 1.29 is 9.13 Å². The number of pyridine rings is 1. The van der Waals surface area contributed by atoms with Crippen LogP contribution < -0.4 is 5.56 Å². The maximum Gasteiger partial charge on any atom is 0.262 e. The summed E-state index contributed by atoms with van der Waals surface area (Å²) in [5, 5.41) is 5.15. The Kier molecular flexibility index (Phi) is 5.07. The lowest BCUT2D eigenvalue weighted by atomic mass is 10.1. The van der Waals surface area contributed by atoms with Crippen molar-refractivity contribution in [3.63, 3.8) is 0 Å². The Morgan fingerprint density at radius 1 is 1.23 bits per heavy atom. The van der Waals surface area contributed by atoms with Gasteiger partial charge in [0.05, 0.1) is 17.4 Å². The van der Waals surface area contributed by atoms with E-state index >= 15 is 0 Å². The molecule has 1 saturated heterocycles. The Balaban J connectivity index is 1.46. The van der Waals surface area contributed by atoms with Crippen molar-refractivity contribution in [2.24, 2.45) is 0 Å². The second-order valence-corrected chi connectivity index (χ2v) is 7.82. The Morgan fingerprint density at radius 3 is 2.81 bits per heavy atom. The lowest BCUT2D eigenvalue weighted by Crippen LogP contribution is -2.21. The molecule has 0 unspecified atom stereocenters. The number of halogens is 1. The number of hydrogen-bond acceptors (Lipinski definition) is 5. The lowest BCUT2D eigenvalue weighted by Gasteiger charge is -2.22. The summed E-state index contributed by atoms with van der Waals surface area (Å²) in [4.78, 5) is 24.8. The standard InChI is InChI=1S/C23H22FN5O2/c1-14-21-22(29(28-14)18-7-9-31-10-8-18)26-20(27-23(21)30)11-15-5-6-19(25-13-15)16-3-2-4-17(24)12-16/h2-6,12-13,18H,7-11H2,1H3,(H,26,27,30). The van der Waals surface area contributed by atoms with Crippen LogP contribution in [0, 0.1) is 12.7 Å². The van der Waals surface area contributed by atoms with Gasteiger partial charge < -0.3 is 9.72 Å². The van der Waals surface area contributed by atoms with Gasteiger partial charge in [0.15, 0.2) is 5.65 Å². The van der Waals surface area contributed by atoms with Crippen LogP contribution in [-0.4, -0.2) is 37.9 Å². The molecular weight excluding hydrogens is 397 g/mol. The molecule has 0 atom stereocenters. The van der Waals surface area contributed by atoms with Gasteiger partial charge >= 0.3 is 0 Å². The molecule has 4 heterocycles. The van der Waals surface area contributed by atoms with Crippen LogP contribution in [-0.2, 0) is 11.2 Å². The first kappa shape index (κ1) is 19.6. The zero-order valence-electron chi connectivity index (χ0n) is 17.1. The highest BCUT2D eigenvalue weighted by Crippen LogP contribution is 2.25. The Morgan fingerprint density at radius 2 is 2.06 bits per heavy atom. The summed E-state index contributed by atoms with van der Waals surface area (Å²) < 4.78 is 20.8. The molecule has 0 bridgehead atoms. The van der Waals surface area contributed by atoms with Crippen LogP contribution in [0.5, 0.6) is 0 Å². The van der Waals surface area contributed by atoms with Gasteiger partial charge in [-0.3, -0.25) is 9.78 Å². The van der Waals surface area contributed by atoms with Gasteiger partial charge in [0.2, 0.25) is 0 Å². The van der Waals surface area contributed by atoms with Crippen LogP contribution in [0.2, 0.25) is 0 Å². The van der Waals surface area contributed by atoms with Gasteiger partial charge in [0, 0.05) is 31.4 Å². The molecular formula is C23H22FN5O2. The number of aryl methyl sites for hydroxylation is 1. The predicted octanol–water partition coefficient (Wildman–Crippen LogP) is 3.57. The molecule has 1 aliphatic heterocycles. The van der Waals surface area contributed by atoms with E-state index < -0.39 is 0 Å². The highest BCUT2D eigenvalue weighted by Gasteiger charge is 2.22. The molecule has 7 nitrogen and oxygen atoms in total. The van der Waals surface area contributed by atoms with Crippen molar-refractivity contribution in [2.75, 3.05) is 13.2 Å². The summed E-state index contributed by atoms with van der Waals surface area (Å²) in [7, 11) is 0. The van der Waals surface area contributed by atoms with E-state index in [1.165, 1.54) is 12.1 Å². The number of hydrogen-bond donors (Lipinski definition) is 1. The van der Waals surface area contributed by atoms with Crippen molar-refractivity contribution in [3.8, 4) is 11.3 Å². The number of benzene rings is 1. The molecule has 0 saturated carbocycles. The molecule has 8 heteroatoms. The van der Waals surface area contributed by atoms with E-state index in [1.807, 2.05) is 29.8 Å². The van der Waals surface area contributed by atoms with Gasteiger partial charge in [0.1, 0.15) is 17.0 Å². The number of nitrogens with zero attached hydrogens (tertiary/aromatic N) is 4. The first-order chi connectivity index (χ1) is 15.1. The van der Waals surface area contributed by atoms with Crippen LogP contribution in [0.4, 0.5) is 4.39 Å². The zero-order chi connectivity index (χ0) is 21.4. The Bertz CT molecular complexity index is 1290. The first-order valence-electron chi connectivity index (χ1n) is 10.3. The molecule has 0 radical (unpaired) electrons. The molecule has 0 spiro atoms. The Labute approximate surface area is 177 Å². The predicted molar refractivity (Wildman–Crippen MR) is 114 cm³/mol. The fourth-order valence-corrected chi connectivity index (χ4v) is 4.07. The molecule has 158 valence electrons. The molecule has 0 aliphatic carbocycles. The number of nitrogens with one attached hydrogen (secondary N) is 1. The van der Waals surface area contributed by atoms with Crippen LogP contribution in [0.15, 0.2) is 47.4 Å². The number of aromatic nitrogens is 5. The summed E-state index contributed by atoms with van der Waals surface area (Å²) in [5.41, 5.74) is 3.43. The summed E-state index contributed by atoms with van der Waals surface area (Å²) in [6, 6.07) is 10.3. The third kappa shape index (κ3) is 3.86. The average Bonchev–Trinajstić information content (AvgIpc) is 3.12. The normalized spacial score (nSPS) is 14.9. The van der Waals surface area contributed by atoms with Crippen LogP contribution in [0.25, 0.3) is 22.3 Å². The third-order valence-electron chi connectivity index (χ3n) is 5.64. The van der Waals surface area contributed by atoms with E-state index in [2.05, 4.69) is 15.1 Å². The van der Waals surface area contributed by atoms with E-state index in [4.69, 9.17) is 9.72 Å².